The molecule has 156 valence electrons. The molecular formula is C18H14Cl3F3N2O2S. The van der Waals surface area contributed by atoms with E-state index in [9.17, 15) is 18.0 Å². The van der Waals surface area contributed by atoms with Gasteiger partial charge in [-0.15, -0.1) is 0 Å². The van der Waals surface area contributed by atoms with E-state index in [1.807, 2.05) is 0 Å². The molecule has 0 aliphatic carbocycles. The van der Waals surface area contributed by atoms with Crippen molar-refractivity contribution in [3.8, 4) is 5.75 Å². The molecule has 0 bridgehead atoms. The predicted molar refractivity (Wildman–Crippen MR) is 112 cm³/mol. The van der Waals surface area contributed by atoms with Crippen molar-refractivity contribution < 1.29 is 22.7 Å². The Morgan fingerprint density at radius 2 is 1.79 bits per heavy atom. The zero-order valence-electron chi connectivity index (χ0n) is 14.6. The van der Waals surface area contributed by atoms with Gasteiger partial charge < -0.3 is 15.4 Å². The minimum atomic E-state index is -4.53. The molecule has 0 atom stereocenters. The van der Waals surface area contributed by atoms with Gasteiger partial charge in [-0.2, -0.15) is 13.2 Å². The van der Waals surface area contributed by atoms with E-state index in [0.29, 0.717) is 22.2 Å². The number of amides is 1. The molecule has 0 aliphatic rings. The summed E-state index contributed by atoms with van der Waals surface area (Å²) in [5.74, 6) is 0.00394. The molecule has 0 fully saturated rings. The first kappa shape index (κ1) is 23.5. The zero-order valence-corrected chi connectivity index (χ0v) is 17.7. The lowest BCUT2D eigenvalue weighted by molar-refractivity contribution is -0.137. The Labute approximate surface area is 185 Å². The van der Waals surface area contributed by atoms with Crippen LogP contribution in [0.3, 0.4) is 0 Å². The van der Waals surface area contributed by atoms with Gasteiger partial charge in [-0.05, 0) is 55.0 Å². The third kappa shape index (κ3) is 7.54. The number of halogens is 6. The number of hydrogen-bond donors (Lipinski definition) is 2. The number of rotatable bonds is 6. The van der Waals surface area contributed by atoms with Gasteiger partial charge in [0.1, 0.15) is 5.75 Å². The monoisotopic (exact) mass is 484 g/mol. The summed E-state index contributed by atoms with van der Waals surface area (Å²) in [7, 11) is 0. The number of anilines is 1. The minimum absolute atomic E-state index is 0.0304. The van der Waals surface area contributed by atoms with E-state index >= 15 is 0 Å². The summed E-state index contributed by atoms with van der Waals surface area (Å²) in [6.07, 6.45) is -4.10. The molecule has 0 aliphatic heterocycles. The lowest BCUT2D eigenvalue weighted by Crippen LogP contribution is -2.34. The van der Waals surface area contributed by atoms with E-state index in [4.69, 9.17) is 51.8 Å². The Hall–Kier alpha value is -1.74. The molecule has 2 aromatic rings. The van der Waals surface area contributed by atoms with Crippen molar-refractivity contribution in [1.82, 2.24) is 5.32 Å². The van der Waals surface area contributed by atoms with Crippen molar-refractivity contribution in [1.29, 1.82) is 0 Å². The molecule has 0 radical (unpaired) electrons. The van der Waals surface area contributed by atoms with Gasteiger partial charge in [0.25, 0.3) is 0 Å². The number of alkyl halides is 3. The fourth-order valence-corrected chi connectivity index (χ4v) is 3.00. The average Bonchev–Trinajstić information content (AvgIpc) is 2.61. The summed E-state index contributed by atoms with van der Waals surface area (Å²) in [4.78, 5) is 11.9. The van der Waals surface area contributed by atoms with Crippen LogP contribution in [-0.2, 0) is 11.0 Å². The van der Waals surface area contributed by atoms with Gasteiger partial charge in [-0.3, -0.25) is 4.79 Å². The minimum Gasteiger partial charge on any atom is -0.492 e. The number of nitrogens with one attached hydrogen (secondary N) is 2. The van der Waals surface area contributed by atoms with Gasteiger partial charge in [0, 0.05) is 11.4 Å². The maximum atomic E-state index is 12.8. The van der Waals surface area contributed by atoms with Crippen LogP contribution >= 0.6 is 47.0 Å². The molecular weight excluding hydrogens is 472 g/mol. The number of hydrogen-bond acceptors (Lipinski definition) is 3. The van der Waals surface area contributed by atoms with Crippen LogP contribution in [0.15, 0.2) is 36.4 Å². The maximum absolute atomic E-state index is 12.8. The van der Waals surface area contributed by atoms with Crippen molar-refractivity contribution in [3.05, 3.63) is 57.0 Å². The van der Waals surface area contributed by atoms with Crippen LogP contribution in [0.5, 0.6) is 5.75 Å². The summed E-state index contributed by atoms with van der Waals surface area (Å²) >= 11 is 22.6. The molecule has 0 unspecified atom stereocenters. The first-order chi connectivity index (χ1) is 13.6. The molecule has 29 heavy (non-hydrogen) atoms. The van der Waals surface area contributed by atoms with Gasteiger partial charge in [-0.25, -0.2) is 0 Å². The van der Waals surface area contributed by atoms with Crippen LogP contribution in [0.2, 0.25) is 15.1 Å². The Morgan fingerprint density at radius 1 is 1.07 bits per heavy atom. The maximum Gasteiger partial charge on any atom is 0.416 e. The van der Waals surface area contributed by atoms with E-state index in [2.05, 4.69) is 10.6 Å². The molecule has 2 aromatic carbocycles. The van der Waals surface area contributed by atoms with Crippen molar-refractivity contribution in [3.63, 3.8) is 0 Å². The summed E-state index contributed by atoms with van der Waals surface area (Å²) < 4.78 is 43.8. The van der Waals surface area contributed by atoms with Crippen LogP contribution in [0, 0.1) is 0 Å². The molecule has 0 spiro atoms. The molecule has 2 rings (SSSR count). The highest BCUT2D eigenvalue weighted by atomic mass is 35.5. The number of carbonyl (C=O) groups excluding carboxylic acids is 1. The van der Waals surface area contributed by atoms with Crippen molar-refractivity contribution >= 4 is 63.7 Å². The molecule has 0 saturated carbocycles. The van der Waals surface area contributed by atoms with Crippen LogP contribution in [-0.4, -0.2) is 17.6 Å². The number of carbonyl (C=O) groups is 1. The molecule has 2 N–H and O–H groups in total. The number of thiocarbonyl (C=S) groups is 1. The highest BCUT2D eigenvalue weighted by Gasteiger charge is 2.31. The average molecular weight is 486 g/mol. The summed E-state index contributed by atoms with van der Waals surface area (Å²) in [5.41, 5.74) is -0.955. The van der Waals surface area contributed by atoms with E-state index in [1.54, 1.807) is 12.1 Å². The SMILES string of the molecule is O=C(CCCOc1ccc(Cl)cc1Cl)NC(=S)Nc1cc(C(F)(F)F)ccc1Cl. The van der Waals surface area contributed by atoms with Crippen molar-refractivity contribution in [2.24, 2.45) is 0 Å². The van der Waals surface area contributed by atoms with Crippen LogP contribution in [0.25, 0.3) is 0 Å². The second-order valence-electron chi connectivity index (χ2n) is 5.72. The molecule has 0 heterocycles. The van der Waals surface area contributed by atoms with Gasteiger partial charge in [0.05, 0.1) is 27.9 Å². The van der Waals surface area contributed by atoms with Crippen LogP contribution in [0.4, 0.5) is 18.9 Å². The summed E-state index contributed by atoms with van der Waals surface area (Å²) in [5, 5.41) is 5.55. The quantitative estimate of drug-likeness (QED) is 0.370. The third-order valence-corrected chi connectivity index (χ3v) is 4.56. The van der Waals surface area contributed by atoms with Crippen LogP contribution < -0.4 is 15.4 Å². The lowest BCUT2D eigenvalue weighted by atomic mass is 10.2. The van der Waals surface area contributed by atoms with Gasteiger partial charge in [0.2, 0.25) is 5.91 Å². The number of ether oxygens (including phenoxy) is 1. The normalized spacial score (nSPS) is 11.1. The first-order valence-electron chi connectivity index (χ1n) is 8.11. The second kappa shape index (κ2) is 10.3. The molecule has 4 nitrogen and oxygen atoms in total. The van der Waals surface area contributed by atoms with Gasteiger partial charge in [-0.1, -0.05) is 34.8 Å². The largest absolute Gasteiger partial charge is 0.492 e. The van der Waals surface area contributed by atoms with E-state index in [0.717, 1.165) is 18.2 Å². The standard InChI is InChI=1S/C18H14Cl3F3N2O2S/c19-11-4-6-15(13(21)9-11)28-7-1-2-16(27)26-17(29)25-14-8-10(18(22,23)24)3-5-12(14)20/h3-6,8-9H,1-2,7H2,(H2,25,26,27,29). The second-order valence-corrected chi connectivity index (χ2v) is 7.38. The zero-order chi connectivity index (χ0) is 21.6. The van der Waals surface area contributed by atoms with Gasteiger partial charge >= 0.3 is 6.18 Å². The Balaban J connectivity index is 1.80. The lowest BCUT2D eigenvalue weighted by Gasteiger charge is -2.13. The smallest absolute Gasteiger partial charge is 0.416 e. The molecule has 0 aromatic heterocycles. The molecule has 11 heteroatoms. The third-order valence-electron chi connectivity index (χ3n) is 3.49. The first-order valence-corrected chi connectivity index (χ1v) is 9.66. The highest BCUT2D eigenvalue weighted by Crippen LogP contribution is 2.33. The number of benzene rings is 2. The van der Waals surface area contributed by atoms with Crippen LogP contribution in [0.1, 0.15) is 18.4 Å². The fourth-order valence-electron chi connectivity index (χ4n) is 2.15. The fraction of sp³-hybridized carbons (Fsp3) is 0.222. The van der Waals surface area contributed by atoms with E-state index in [-0.39, 0.29) is 28.9 Å². The van der Waals surface area contributed by atoms with Crippen molar-refractivity contribution in [2.75, 3.05) is 11.9 Å². The Bertz CT molecular complexity index is 910. The topological polar surface area (TPSA) is 50.4 Å². The summed E-state index contributed by atoms with van der Waals surface area (Å²) in [6.45, 7) is 0.217. The van der Waals surface area contributed by atoms with Crippen molar-refractivity contribution in [2.45, 2.75) is 19.0 Å². The Morgan fingerprint density at radius 3 is 2.45 bits per heavy atom. The molecule has 0 saturated heterocycles. The van der Waals surface area contributed by atoms with Gasteiger partial charge in [0.15, 0.2) is 5.11 Å². The predicted octanol–water partition coefficient (Wildman–Crippen LogP) is 6.34. The van der Waals surface area contributed by atoms with E-state index in [1.165, 1.54) is 6.07 Å². The Kier molecular flexibility index (Phi) is 8.39. The highest BCUT2D eigenvalue weighted by molar-refractivity contribution is 7.80. The van der Waals surface area contributed by atoms with E-state index < -0.39 is 17.6 Å². The molecule has 1 amide bonds. The summed E-state index contributed by atoms with van der Waals surface area (Å²) in [6, 6.07) is 7.53.